The average Bonchev–Trinajstić information content (AvgIpc) is 2.20. The molecule has 0 bridgehead atoms. The van der Waals surface area contributed by atoms with Crippen LogP contribution in [0.15, 0.2) is 35.3 Å². The monoisotopic (exact) mass is 254 g/mol. The molecular formula is C11H11BrO2. The van der Waals surface area contributed by atoms with Crippen LogP contribution in [0.4, 0.5) is 0 Å². The van der Waals surface area contributed by atoms with Crippen LogP contribution in [0.3, 0.4) is 0 Å². The number of halogens is 1. The highest BCUT2D eigenvalue weighted by atomic mass is 79.9. The fourth-order valence-corrected chi connectivity index (χ4v) is 1.45. The minimum atomic E-state index is -0.118. The third-order valence-corrected chi connectivity index (χ3v) is 2.38. The second-order valence-corrected chi connectivity index (χ2v) is 3.69. The van der Waals surface area contributed by atoms with Gasteiger partial charge in [-0.15, -0.1) is 0 Å². The van der Waals surface area contributed by atoms with Gasteiger partial charge in [-0.05, 0) is 35.0 Å². The van der Waals surface area contributed by atoms with Gasteiger partial charge < -0.3 is 4.74 Å². The first kappa shape index (κ1) is 11.0. The van der Waals surface area contributed by atoms with Gasteiger partial charge in [0.15, 0.2) is 6.29 Å². The first-order valence-corrected chi connectivity index (χ1v) is 5.01. The van der Waals surface area contributed by atoms with Gasteiger partial charge in [-0.25, -0.2) is 0 Å². The number of carbonyl (C=O) groups excluding carboxylic acids is 1. The molecule has 0 aliphatic rings. The SMILES string of the molecule is C=CC(C)Oc1c(Br)cccc1C=O. The summed E-state index contributed by atoms with van der Waals surface area (Å²) in [4.78, 5) is 10.7. The predicted molar refractivity (Wildman–Crippen MR) is 59.8 cm³/mol. The Balaban J connectivity index is 3.04. The maximum absolute atomic E-state index is 10.7. The summed E-state index contributed by atoms with van der Waals surface area (Å²) in [6.45, 7) is 5.48. The van der Waals surface area contributed by atoms with Gasteiger partial charge >= 0.3 is 0 Å². The van der Waals surface area contributed by atoms with E-state index in [9.17, 15) is 4.79 Å². The van der Waals surface area contributed by atoms with E-state index in [1.165, 1.54) is 0 Å². The van der Waals surface area contributed by atoms with E-state index in [4.69, 9.17) is 4.74 Å². The van der Waals surface area contributed by atoms with E-state index in [-0.39, 0.29) is 6.10 Å². The lowest BCUT2D eigenvalue weighted by atomic mass is 10.2. The average molecular weight is 255 g/mol. The highest BCUT2D eigenvalue weighted by molar-refractivity contribution is 9.10. The molecule has 1 aromatic carbocycles. The Morgan fingerprint density at radius 3 is 2.86 bits per heavy atom. The predicted octanol–water partition coefficient (Wildman–Crippen LogP) is 3.21. The third kappa shape index (κ3) is 2.45. The molecule has 0 saturated carbocycles. The summed E-state index contributed by atoms with van der Waals surface area (Å²) < 4.78 is 6.29. The molecule has 0 spiro atoms. The van der Waals surface area contributed by atoms with Crippen molar-refractivity contribution in [3.63, 3.8) is 0 Å². The van der Waals surface area contributed by atoms with Crippen LogP contribution in [0.5, 0.6) is 5.75 Å². The van der Waals surface area contributed by atoms with Crippen LogP contribution in [-0.2, 0) is 0 Å². The minimum Gasteiger partial charge on any atom is -0.485 e. The smallest absolute Gasteiger partial charge is 0.153 e. The Bertz CT molecular complexity index is 347. The van der Waals surface area contributed by atoms with Gasteiger partial charge in [-0.2, -0.15) is 0 Å². The van der Waals surface area contributed by atoms with Crippen molar-refractivity contribution >= 4 is 22.2 Å². The lowest BCUT2D eigenvalue weighted by Crippen LogP contribution is -2.09. The zero-order chi connectivity index (χ0) is 10.6. The maximum Gasteiger partial charge on any atom is 0.153 e. The van der Waals surface area contributed by atoms with E-state index in [0.717, 1.165) is 10.8 Å². The molecule has 0 heterocycles. The van der Waals surface area contributed by atoms with Crippen molar-refractivity contribution in [2.75, 3.05) is 0 Å². The largest absolute Gasteiger partial charge is 0.485 e. The van der Waals surface area contributed by atoms with Crippen LogP contribution in [0.25, 0.3) is 0 Å². The molecule has 0 aliphatic carbocycles. The molecule has 14 heavy (non-hydrogen) atoms. The van der Waals surface area contributed by atoms with E-state index in [1.807, 2.05) is 13.0 Å². The topological polar surface area (TPSA) is 26.3 Å². The minimum absolute atomic E-state index is 0.118. The van der Waals surface area contributed by atoms with Crippen molar-refractivity contribution in [1.82, 2.24) is 0 Å². The van der Waals surface area contributed by atoms with E-state index in [0.29, 0.717) is 11.3 Å². The molecule has 3 heteroatoms. The van der Waals surface area contributed by atoms with Gasteiger partial charge in [-0.3, -0.25) is 4.79 Å². The van der Waals surface area contributed by atoms with E-state index >= 15 is 0 Å². The molecular weight excluding hydrogens is 244 g/mol. The fraction of sp³-hybridized carbons (Fsp3) is 0.182. The first-order chi connectivity index (χ1) is 6.69. The Morgan fingerprint density at radius 2 is 2.29 bits per heavy atom. The summed E-state index contributed by atoms with van der Waals surface area (Å²) in [7, 11) is 0. The van der Waals surface area contributed by atoms with Crippen LogP contribution >= 0.6 is 15.9 Å². The number of aldehydes is 1. The first-order valence-electron chi connectivity index (χ1n) is 4.22. The van der Waals surface area contributed by atoms with E-state index in [1.54, 1.807) is 18.2 Å². The van der Waals surface area contributed by atoms with E-state index in [2.05, 4.69) is 22.5 Å². The quantitative estimate of drug-likeness (QED) is 0.610. The number of benzene rings is 1. The van der Waals surface area contributed by atoms with Crippen LogP contribution in [0, 0.1) is 0 Å². The van der Waals surface area contributed by atoms with Crippen molar-refractivity contribution < 1.29 is 9.53 Å². The lowest BCUT2D eigenvalue weighted by molar-refractivity contribution is 0.111. The van der Waals surface area contributed by atoms with Crippen molar-refractivity contribution in [3.05, 3.63) is 40.9 Å². The van der Waals surface area contributed by atoms with E-state index < -0.39 is 0 Å². The zero-order valence-electron chi connectivity index (χ0n) is 7.87. The highest BCUT2D eigenvalue weighted by Crippen LogP contribution is 2.28. The summed E-state index contributed by atoms with van der Waals surface area (Å²) in [6.07, 6.45) is 2.33. The summed E-state index contributed by atoms with van der Waals surface area (Å²) in [5.41, 5.74) is 0.535. The maximum atomic E-state index is 10.7. The molecule has 1 aromatic rings. The van der Waals surface area contributed by atoms with Crippen molar-refractivity contribution in [2.24, 2.45) is 0 Å². The van der Waals surface area contributed by atoms with Gasteiger partial charge in [0.05, 0.1) is 10.0 Å². The molecule has 74 valence electrons. The van der Waals surface area contributed by atoms with Gasteiger partial charge in [-0.1, -0.05) is 18.7 Å². The zero-order valence-corrected chi connectivity index (χ0v) is 9.45. The standard InChI is InChI=1S/C11H11BrO2/c1-3-8(2)14-11-9(7-13)5-4-6-10(11)12/h3-8H,1H2,2H3. The van der Waals surface area contributed by atoms with Gasteiger partial charge in [0.2, 0.25) is 0 Å². The second kappa shape index (κ2) is 4.96. The Morgan fingerprint density at radius 1 is 1.57 bits per heavy atom. The molecule has 0 saturated heterocycles. The third-order valence-electron chi connectivity index (χ3n) is 1.76. The Kier molecular flexibility index (Phi) is 3.89. The summed E-state index contributed by atoms with van der Waals surface area (Å²) >= 11 is 3.33. The Hall–Kier alpha value is -1.09. The van der Waals surface area contributed by atoms with Crippen molar-refractivity contribution in [1.29, 1.82) is 0 Å². The summed E-state index contributed by atoms with van der Waals surface area (Å²) in [5.74, 6) is 0.565. The molecule has 0 aromatic heterocycles. The van der Waals surface area contributed by atoms with Crippen LogP contribution in [-0.4, -0.2) is 12.4 Å². The fourth-order valence-electron chi connectivity index (χ4n) is 0.977. The number of rotatable bonds is 4. The molecule has 2 nitrogen and oxygen atoms in total. The van der Waals surface area contributed by atoms with Crippen molar-refractivity contribution in [3.8, 4) is 5.75 Å². The number of hydrogen-bond acceptors (Lipinski definition) is 2. The molecule has 1 rings (SSSR count). The van der Waals surface area contributed by atoms with Crippen LogP contribution in [0.1, 0.15) is 17.3 Å². The highest BCUT2D eigenvalue weighted by Gasteiger charge is 2.09. The van der Waals surface area contributed by atoms with Crippen LogP contribution < -0.4 is 4.74 Å². The van der Waals surface area contributed by atoms with Crippen molar-refractivity contribution in [2.45, 2.75) is 13.0 Å². The summed E-state index contributed by atoms with van der Waals surface area (Å²) in [6, 6.07) is 5.33. The molecule has 0 radical (unpaired) electrons. The van der Waals surface area contributed by atoms with Crippen LogP contribution in [0.2, 0.25) is 0 Å². The number of ether oxygens (including phenoxy) is 1. The molecule has 1 atom stereocenters. The molecule has 0 amide bonds. The van der Waals surface area contributed by atoms with Gasteiger partial charge in [0.1, 0.15) is 11.9 Å². The Labute approximate surface area is 91.7 Å². The molecule has 0 N–H and O–H groups in total. The number of para-hydroxylation sites is 1. The number of hydrogen-bond donors (Lipinski definition) is 0. The normalized spacial score (nSPS) is 11.9. The molecule has 1 unspecified atom stereocenters. The van der Waals surface area contributed by atoms with Gasteiger partial charge in [0.25, 0.3) is 0 Å². The summed E-state index contributed by atoms with van der Waals surface area (Å²) in [5, 5.41) is 0. The number of carbonyl (C=O) groups is 1. The van der Waals surface area contributed by atoms with Gasteiger partial charge in [0, 0.05) is 0 Å². The lowest BCUT2D eigenvalue weighted by Gasteiger charge is -2.13. The molecule has 0 fully saturated rings. The molecule has 0 aliphatic heterocycles. The second-order valence-electron chi connectivity index (χ2n) is 2.83.